The molecular weight excluding hydrogens is 302 g/mol. The molecule has 0 bridgehead atoms. The van der Waals surface area contributed by atoms with Crippen LogP contribution < -0.4 is 10.5 Å². The summed E-state index contributed by atoms with van der Waals surface area (Å²) < 4.78 is 11.7. The van der Waals surface area contributed by atoms with E-state index < -0.39 is 16.9 Å². The fourth-order valence-electron chi connectivity index (χ4n) is 2.61. The number of ether oxygens (including phenoxy) is 2. The van der Waals surface area contributed by atoms with E-state index >= 15 is 0 Å². The van der Waals surface area contributed by atoms with Gasteiger partial charge in [0.1, 0.15) is 6.04 Å². The number of hydrogen-bond donors (Lipinski definition) is 1. The summed E-state index contributed by atoms with van der Waals surface area (Å²) in [6.45, 7) is 1.92. The molecule has 2 rings (SSSR count). The number of nitro benzene ring substituents is 1. The van der Waals surface area contributed by atoms with Crippen molar-refractivity contribution in [2.75, 3.05) is 13.7 Å². The van der Waals surface area contributed by atoms with E-state index in [0.29, 0.717) is 16.5 Å². The summed E-state index contributed by atoms with van der Waals surface area (Å²) in [5, 5.41) is 11.9. The average Bonchev–Trinajstić information content (AvgIpc) is 2.82. The molecule has 0 aliphatic carbocycles. The van der Waals surface area contributed by atoms with Crippen molar-refractivity contribution in [1.29, 1.82) is 0 Å². The number of aromatic nitrogens is 1. The van der Waals surface area contributed by atoms with Crippen molar-refractivity contribution in [3.63, 3.8) is 0 Å². The maximum Gasteiger partial charge on any atom is 0.323 e. The van der Waals surface area contributed by atoms with Gasteiger partial charge in [-0.05, 0) is 24.6 Å². The van der Waals surface area contributed by atoms with Gasteiger partial charge in [0.15, 0.2) is 5.75 Å². The molecule has 2 N–H and O–H groups in total. The Kier molecular flexibility index (Phi) is 4.85. The van der Waals surface area contributed by atoms with Gasteiger partial charge < -0.3 is 19.8 Å². The molecule has 1 aromatic carbocycles. The maximum absolute atomic E-state index is 11.7. The minimum absolute atomic E-state index is 0.128. The van der Waals surface area contributed by atoms with E-state index in [4.69, 9.17) is 15.2 Å². The number of esters is 1. The lowest BCUT2D eigenvalue weighted by atomic mass is 10.0. The summed E-state index contributed by atoms with van der Waals surface area (Å²) in [6, 6.07) is 2.40. The first-order valence-corrected chi connectivity index (χ1v) is 7.12. The first-order valence-electron chi connectivity index (χ1n) is 7.12. The second-order valence-corrected chi connectivity index (χ2v) is 5.10. The minimum Gasteiger partial charge on any atom is -0.490 e. The second-order valence-electron chi connectivity index (χ2n) is 5.10. The van der Waals surface area contributed by atoms with E-state index in [1.165, 1.54) is 7.11 Å². The highest BCUT2D eigenvalue weighted by molar-refractivity contribution is 5.95. The molecule has 1 heterocycles. The van der Waals surface area contributed by atoms with Crippen molar-refractivity contribution >= 4 is 22.6 Å². The average molecular weight is 321 g/mol. The lowest BCUT2D eigenvalue weighted by Crippen LogP contribution is -2.34. The monoisotopic (exact) mass is 321 g/mol. The number of nitrogens with two attached hydrogens (primary N) is 1. The van der Waals surface area contributed by atoms with Crippen molar-refractivity contribution in [3.05, 3.63) is 34.0 Å². The molecule has 0 aliphatic heterocycles. The number of methoxy groups -OCH3 is 1. The number of carbonyl (C=O) groups excluding carboxylic acids is 1. The van der Waals surface area contributed by atoms with Gasteiger partial charge in [-0.15, -0.1) is 0 Å². The summed E-state index contributed by atoms with van der Waals surface area (Å²) >= 11 is 0. The largest absolute Gasteiger partial charge is 0.490 e. The van der Waals surface area contributed by atoms with Crippen LogP contribution in [0.4, 0.5) is 5.69 Å². The predicted molar refractivity (Wildman–Crippen MR) is 84.4 cm³/mol. The normalized spacial score (nSPS) is 12.2. The molecule has 8 heteroatoms. The zero-order chi connectivity index (χ0) is 17.1. The quantitative estimate of drug-likeness (QED) is 0.491. The molecule has 1 unspecified atom stereocenters. The molecule has 1 atom stereocenters. The molecular formula is C15H19N3O5. The number of fused-ring (bicyclic) bond motifs is 1. The van der Waals surface area contributed by atoms with E-state index in [9.17, 15) is 14.9 Å². The molecule has 0 spiro atoms. The lowest BCUT2D eigenvalue weighted by Gasteiger charge is -2.10. The fourth-order valence-corrected chi connectivity index (χ4v) is 2.61. The third-order valence-electron chi connectivity index (χ3n) is 3.60. The van der Waals surface area contributed by atoms with Crippen LogP contribution in [0.25, 0.3) is 10.9 Å². The van der Waals surface area contributed by atoms with Crippen LogP contribution in [-0.2, 0) is 23.0 Å². The Balaban J connectivity index is 2.56. The van der Waals surface area contributed by atoms with Gasteiger partial charge in [0.25, 0.3) is 0 Å². The molecule has 0 saturated heterocycles. The van der Waals surface area contributed by atoms with E-state index in [-0.39, 0.29) is 24.5 Å². The summed E-state index contributed by atoms with van der Waals surface area (Å²) in [6.07, 6.45) is 1.88. The number of nitrogens with zero attached hydrogens (tertiary/aromatic N) is 2. The van der Waals surface area contributed by atoms with Crippen molar-refractivity contribution in [3.8, 4) is 5.75 Å². The fraction of sp³-hybridized carbons (Fsp3) is 0.400. The standard InChI is InChI=1S/C15H19N3O5/c1-4-23-15(19)10(16)7-9-8-17(2)11-5-6-12(22-3)14(13(9)11)18(20)21/h5-6,8,10H,4,7,16H2,1-3H3. The molecule has 0 fully saturated rings. The molecule has 23 heavy (non-hydrogen) atoms. The highest BCUT2D eigenvalue weighted by Gasteiger charge is 2.26. The van der Waals surface area contributed by atoms with Gasteiger partial charge in [0.2, 0.25) is 0 Å². The zero-order valence-corrected chi connectivity index (χ0v) is 13.2. The highest BCUT2D eigenvalue weighted by Crippen LogP contribution is 2.38. The number of carbonyl (C=O) groups is 1. The van der Waals surface area contributed by atoms with Gasteiger partial charge in [-0.1, -0.05) is 0 Å². The molecule has 0 radical (unpaired) electrons. The summed E-state index contributed by atoms with van der Waals surface area (Å²) in [5.74, 6) is -0.366. The molecule has 0 aliphatic rings. The van der Waals surface area contributed by atoms with E-state index in [0.717, 1.165) is 0 Å². The number of benzene rings is 1. The highest BCUT2D eigenvalue weighted by atomic mass is 16.6. The van der Waals surface area contributed by atoms with Crippen LogP contribution in [0, 0.1) is 10.1 Å². The SMILES string of the molecule is CCOC(=O)C(N)Cc1cn(C)c2ccc(OC)c([N+](=O)[O-])c12. The third kappa shape index (κ3) is 3.11. The second kappa shape index (κ2) is 6.66. The van der Waals surface area contributed by atoms with Gasteiger partial charge in [0, 0.05) is 19.7 Å². The van der Waals surface area contributed by atoms with Crippen LogP contribution in [-0.4, -0.2) is 35.2 Å². The Hall–Kier alpha value is -2.61. The summed E-state index contributed by atoms with van der Waals surface area (Å²) in [7, 11) is 3.15. The Morgan fingerprint density at radius 3 is 2.74 bits per heavy atom. The Labute approximate surface area is 132 Å². The molecule has 1 aromatic heterocycles. The van der Waals surface area contributed by atoms with Crippen LogP contribution in [0.3, 0.4) is 0 Å². The molecule has 124 valence electrons. The zero-order valence-electron chi connectivity index (χ0n) is 13.2. The number of rotatable bonds is 6. The Morgan fingerprint density at radius 2 is 2.17 bits per heavy atom. The molecule has 0 amide bonds. The number of hydrogen-bond acceptors (Lipinski definition) is 6. The first-order chi connectivity index (χ1) is 10.9. The predicted octanol–water partition coefficient (Wildman–Crippen LogP) is 1.53. The van der Waals surface area contributed by atoms with Crippen molar-refractivity contribution in [2.45, 2.75) is 19.4 Å². The number of aryl methyl sites for hydroxylation is 1. The van der Waals surface area contributed by atoms with Crippen molar-refractivity contribution < 1.29 is 19.2 Å². The molecule has 0 saturated carbocycles. The topological polar surface area (TPSA) is 110 Å². The van der Waals surface area contributed by atoms with Crippen LogP contribution in [0.15, 0.2) is 18.3 Å². The van der Waals surface area contributed by atoms with Crippen molar-refractivity contribution in [2.24, 2.45) is 12.8 Å². The van der Waals surface area contributed by atoms with Crippen LogP contribution in [0.2, 0.25) is 0 Å². The smallest absolute Gasteiger partial charge is 0.323 e. The minimum atomic E-state index is -0.883. The van der Waals surface area contributed by atoms with Crippen LogP contribution in [0.1, 0.15) is 12.5 Å². The van der Waals surface area contributed by atoms with Gasteiger partial charge in [-0.25, -0.2) is 0 Å². The van der Waals surface area contributed by atoms with E-state index in [1.54, 1.807) is 36.9 Å². The van der Waals surface area contributed by atoms with Gasteiger partial charge >= 0.3 is 11.7 Å². The Morgan fingerprint density at radius 1 is 1.48 bits per heavy atom. The van der Waals surface area contributed by atoms with E-state index in [1.807, 2.05) is 0 Å². The van der Waals surface area contributed by atoms with Crippen LogP contribution >= 0.6 is 0 Å². The van der Waals surface area contributed by atoms with Crippen LogP contribution in [0.5, 0.6) is 5.75 Å². The van der Waals surface area contributed by atoms with Crippen molar-refractivity contribution in [1.82, 2.24) is 4.57 Å². The summed E-state index contributed by atoms with van der Waals surface area (Å²) in [5.41, 5.74) is 6.99. The van der Waals surface area contributed by atoms with Gasteiger partial charge in [-0.2, -0.15) is 0 Å². The molecule has 2 aromatic rings. The molecule has 8 nitrogen and oxygen atoms in total. The number of nitro groups is 1. The summed E-state index contributed by atoms with van der Waals surface area (Å²) in [4.78, 5) is 22.7. The maximum atomic E-state index is 11.7. The third-order valence-corrected chi connectivity index (χ3v) is 3.60. The van der Waals surface area contributed by atoms with E-state index in [2.05, 4.69) is 0 Å². The Bertz CT molecular complexity index is 753. The van der Waals surface area contributed by atoms with Gasteiger partial charge in [0.05, 0.1) is 29.5 Å². The first kappa shape index (κ1) is 16.8. The lowest BCUT2D eigenvalue weighted by molar-refractivity contribution is -0.384. The van der Waals surface area contributed by atoms with Gasteiger partial charge in [-0.3, -0.25) is 14.9 Å².